The highest BCUT2D eigenvalue weighted by Gasteiger charge is 1.99. The maximum Gasteiger partial charge on any atom is 0.136 e. The molecule has 1 heterocycles. The van der Waals surface area contributed by atoms with Crippen LogP contribution >= 0.6 is 0 Å². The topological polar surface area (TPSA) is 35.3 Å². The first kappa shape index (κ1) is 10.3. The van der Waals surface area contributed by atoms with Crippen molar-refractivity contribution in [2.45, 2.75) is 39.2 Å². The molecule has 0 spiro atoms. The van der Waals surface area contributed by atoms with E-state index in [4.69, 9.17) is 9.26 Å². The molecule has 0 saturated carbocycles. The van der Waals surface area contributed by atoms with Crippen molar-refractivity contribution in [1.29, 1.82) is 0 Å². The van der Waals surface area contributed by atoms with Crippen molar-refractivity contribution in [2.75, 3.05) is 6.61 Å². The first-order chi connectivity index (χ1) is 6.33. The molecule has 0 aliphatic heterocycles. The molecular formula is C10H17NO2. The molecule has 1 aromatic heterocycles. The van der Waals surface area contributed by atoms with Crippen LogP contribution in [-0.2, 0) is 11.2 Å². The molecule has 0 radical (unpaired) electrons. The minimum atomic E-state index is 0.370. The van der Waals surface area contributed by atoms with Crippen molar-refractivity contribution in [3.8, 4) is 0 Å². The zero-order chi connectivity index (χ0) is 9.52. The number of aromatic nitrogens is 1. The van der Waals surface area contributed by atoms with E-state index in [1.54, 1.807) is 6.20 Å². The summed E-state index contributed by atoms with van der Waals surface area (Å²) in [6.07, 6.45) is 5.03. The fourth-order valence-electron chi connectivity index (χ4n) is 1.02. The van der Waals surface area contributed by atoms with Gasteiger partial charge in [-0.1, -0.05) is 12.1 Å². The largest absolute Gasteiger partial charge is 0.379 e. The van der Waals surface area contributed by atoms with E-state index in [9.17, 15) is 0 Å². The number of hydrogen-bond donors (Lipinski definition) is 0. The van der Waals surface area contributed by atoms with Gasteiger partial charge in [-0.2, -0.15) is 0 Å². The van der Waals surface area contributed by atoms with Gasteiger partial charge in [-0.15, -0.1) is 0 Å². The molecule has 0 bridgehead atoms. The molecule has 1 unspecified atom stereocenters. The highest BCUT2D eigenvalue weighted by atomic mass is 16.5. The SMILES string of the molecule is CCC(C)OCCCc1ccno1. The highest BCUT2D eigenvalue weighted by Crippen LogP contribution is 2.03. The van der Waals surface area contributed by atoms with Crippen LogP contribution in [0.25, 0.3) is 0 Å². The van der Waals surface area contributed by atoms with Crippen LogP contribution in [0.3, 0.4) is 0 Å². The molecule has 0 fully saturated rings. The second-order valence-electron chi connectivity index (χ2n) is 3.17. The lowest BCUT2D eigenvalue weighted by atomic mass is 10.2. The predicted octanol–water partition coefficient (Wildman–Crippen LogP) is 2.42. The first-order valence-corrected chi connectivity index (χ1v) is 4.84. The third kappa shape index (κ3) is 4.08. The second kappa shape index (κ2) is 5.75. The van der Waals surface area contributed by atoms with Gasteiger partial charge in [-0.05, 0) is 19.8 Å². The molecule has 74 valence electrons. The van der Waals surface area contributed by atoms with Gasteiger partial charge in [0.1, 0.15) is 5.76 Å². The summed E-state index contributed by atoms with van der Waals surface area (Å²) >= 11 is 0. The molecule has 0 N–H and O–H groups in total. The van der Waals surface area contributed by atoms with Crippen molar-refractivity contribution in [3.63, 3.8) is 0 Å². The Kier molecular flexibility index (Phi) is 4.54. The lowest BCUT2D eigenvalue weighted by Crippen LogP contribution is -2.07. The number of ether oxygens (including phenoxy) is 1. The van der Waals surface area contributed by atoms with Gasteiger partial charge < -0.3 is 9.26 Å². The zero-order valence-electron chi connectivity index (χ0n) is 8.32. The average molecular weight is 183 g/mol. The maximum atomic E-state index is 5.53. The summed E-state index contributed by atoms with van der Waals surface area (Å²) in [5.74, 6) is 0.938. The Morgan fingerprint density at radius 2 is 2.46 bits per heavy atom. The molecule has 1 rings (SSSR count). The van der Waals surface area contributed by atoms with Gasteiger partial charge in [-0.25, -0.2) is 0 Å². The van der Waals surface area contributed by atoms with Gasteiger partial charge in [0.2, 0.25) is 0 Å². The summed E-state index contributed by atoms with van der Waals surface area (Å²) in [7, 11) is 0. The summed E-state index contributed by atoms with van der Waals surface area (Å²) in [5.41, 5.74) is 0. The van der Waals surface area contributed by atoms with Crippen LogP contribution in [0.2, 0.25) is 0 Å². The molecule has 0 aliphatic carbocycles. The third-order valence-electron chi connectivity index (χ3n) is 2.04. The average Bonchev–Trinajstić information content (AvgIpc) is 2.64. The van der Waals surface area contributed by atoms with Gasteiger partial charge >= 0.3 is 0 Å². The van der Waals surface area contributed by atoms with E-state index < -0.39 is 0 Å². The van der Waals surface area contributed by atoms with Crippen LogP contribution in [0.5, 0.6) is 0 Å². The van der Waals surface area contributed by atoms with Crippen molar-refractivity contribution in [3.05, 3.63) is 18.0 Å². The van der Waals surface area contributed by atoms with Gasteiger partial charge in [0.15, 0.2) is 0 Å². The molecule has 1 aromatic rings. The lowest BCUT2D eigenvalue weighted by molar-refractivity contribution is 0.0613. The van der Waals surface area contributed by atoms with E-state index in [-0.39, 0.29) is 0 Å². The van der Waals surface area contributed by atoms with Gasteiger partial charge in [-0.3, -0.25) is 0 Å². The monoisotopic (exact) mass is 183 g/mol. The van der Waals surface area contributed by atoms with Crippen molar-refractivity contribution < 1.29 is 9.26 Å². The third-order valence-corrected chi connectivity index (χ3v) is 2.04. The summed E-state index contributed by atoms with van der Waals surface area (Å²) in [5, 5.41) is 3.64. The zero-order valence-corrected chi connectivity index (χ0v) is 8.32. The molecular weight excluding hydrogens is 166 g/mol. The highest BCUT2D eigenvalue weighted by molar-refractivity contribution is 4.92. The Labute approximate surface area is 79.1 Å². The molecule has 3 heteroatoms. The minimum Gasteiger partial charge on any atom is -0.379 e. The fourth-order valence-corrected chi connectivity index (χ4v) is 1.02. The lowest BCUT2D eigenvalue weighted by Gasteiger charge is -2.09. The normalized spacial score (nSPS) is 13.1. The van der Waals surface area contributed by atoms with Gasteiger partial charge in [0.05, 0.1) is 12.3 Å². The van der Waals surface area contributed by atoms with Gasteiger partial charge in [0.25, 0.3) is 0 Å². The number of rotatable bonds is 6. The van der Waals surface area contributed by atoms with Crippen LogP contribution in [0.4, 0.5) is 0 Å². The quantitative estimate of drug-likeness (QED) is 0.635. The predicted molar refractivity (Wildman–Crippen MR) is 50.5 cm³/mol. The van der Waals surface area contributed by atoms with Crippen LogP contribution < -0.4 is 0 Å². The maximum absolute atomic E-state index is 5.53. The summed E-state index contributed by atoms with van der Waals surface area (Å²) in [4.78, 5) is 0. The first-order valence-electron chi connectivity index (χ1n) is 4.84. The minimum absolute atomic E-state index is 0.370. The van der Waals surface area contributed by atoms with E-state index in [0.29, 0.717) is 6.10 Å². The Balaban J connectivity index is 2.02. The van der Waals surface area contributed by atoms with E-state index in [1.165, 1.54) is 0 Å². The standard InChI is InChI=1S/C10H17NO2/c1-3-9(2)12-8-4-5-10-6-7-11-13-10/h6-7,9H,3-5,8H2,1-2H3. The van der Waals surface area contributed by atoms with E-state index in [2.05, 4.69) is 19.0 Å². The van der Waals surface area contributed by atoms with Crippen molar-refractivity contribution >= 4 is 0 Å². The molecule has 0 aliphatic rings. The second-order valence-corrected chi connectivity index (χ2v) is 3.17. The van der Waals surface area contributed by atoms with Gasteiger partial charge in [0, 0.05) is 19.1 Å². The summed E-state index contributed by atoms with van der Waals surface area (Å²) in [6, 6.07) is 1.89. The van der Waals surface area contributed by atoms with Crippen LogP contribution in [0.15, 0.2) is 16.8 Å². The van der Waals surface area contributed by atoms with Crippen molar-refractivity contribution in [1.82, 2.24) is 5.16 Å². The van der Waals surface area contributed by atoms with E-state index >= 15 is 0 Å². The Morgan fingerprint density at radius 1 is 1.62 bits per heavy atom. The van der Waals surface area contributed by atoms with Crippen LogP contribution in [0, 0.1) is 0 Å². The van der Waals surface area contributed by atoms with Crippen LogP contribution in [-0.4, -0.2) is 17.9 Å². The smallest absolute Gasteiger partial charge is 0.136 e. The Bertz CT molecular complexity index is 209. The Morgan fingerprint density at radius 3 is 3.08 bits per heavy atom. The molecule has 0 aromatic carbocycles. The molecule has 0 saturated heterocycles. The van der Waals surface area contributed by atoms with Crippen molar-refractivity contribution in [2.24, 2.45) is 0 Å². The number of aryl methyl sites for hydroxylation is 1. The van der Waals surface area contributed by atoms with Crippen LogP contribution in [0.1, 0.15) is 32.4 Å². The molecule has 3 nitrogen and oxygen atoms in total. The molecule has 1 atom stereocenters. The Hall–Kier alpha value is -0.830. The molecule has 13 heavy (non-hydrogen) atoms. The number of hydrogen-bond acceptors (Lipinski definition) is 3. The van der Waals surface area contributed by atoms with E-state index in [1.807, 2.05) is 6.07 Å². The fraction of sp³-hybridized carbons (Fsp3) is 0.700. The molecule has 0 amide bonds. The summed E-state index contributed by atoms with van der Waals surface area (Å²) in [6.45, 7) is 5.02. The van der Waals surface area contributed by atoms with E-state index in [0.717, 1.165) is 31.6 Å². The summed E-state index contributed by atoms with van der Waals surface area (Å²) < 4.78 is 10.5. The number of nitrogens with zero attached hydrogens (tertiary/aromatic N) is 1.